The summed E-state index contributed by atoms with van der Waals surface area (Å²) in [5.74, 6) is 0. The fourth-order valence-corrected chi connectivity index (χ4v) is 1.60. The van der Waals surface area contributed by atoms with Crippen molar-refractivity contribution >= 4 is 24.0 Å². The summed E-state index contributed by atoms with van der Waals surface area (Å²) in [6, 6.07) is 0. The van der Waals surface area contributed by atoms with Crippen LogP contribution in [0.3, 0.4) is 0 Å². The largest absolute Gasteiger partial charge is 0.226 e. The Morgan fingerprint density at radius 1 is 1.25 bits per heavy atom. The molecule has 0 amide bonds. The van der Waals surface area contributed by atoms with Gasteiger partial charge in [0.05, 0.1) is 0 Å². The number of nitrogens with zero attached hydrogens (tertiary/aromatic N) is 2. The average Bonchev–Trinajstić information content (AvgIpc) is 2.04. The van der Waals surface area contributed by atoms with Crippen molar-refractivity contribution in [1.29, 1.82) is 0 Å². The maximum Gasteiger partial charge on any atom is 0.222 e. The summed E-state index contributed by atoms with van der Waals surface area (Å²) in [5, 5.41) is 0.380. The van der Waals surface area contributed by atoms with Gasteiger partial charge in [-0.05, 0) is 42.8 Å². The standard InChI is InChI=1S/C8H9ClN2.ClH/c9-8-10-5-6-3-1-2-4-7(6)11-8;/h5H,1-4H2;1H. The summed E-state index contributed by atoms with van der Waals surface area (Å²) in [4.78, 5) is 8.11. The molecule has 0 saturated heterocycles. The highest BCUT2D eigenvalue weighted by Gasteiger charge is 2.10. The van der Waals surface area contributed by atoms with Crippen molar-refractivity contribution in [2.24, 2.45) is 0 Å². The number of hydrogen-bond donors (Lipinski definition) is 0. The lowest BCUT2D eigenvalue weighted by Crippen LogP contribution is -2.05. The Bertz CT molecular complexity index is 276. The molecule has 0 N–H and O–H groups in total. The minimum Gasteiger partial charge on any atom is -0.226 e. The maximum atomic E-state index is 5.65. The molecule has 0 aromatic carbocycles. The maximum absolute atomic E-state index is 5.65. The van der Waals surface area contributed by atoms with E-state index in [1.165, 1.54) is 18.4 Å². The number of aryl methyl sites for hydroxylation is 2. The van der Waals surface area contributed by atoms with Gasteiger partial charge in [-0.3, -0.25) is 0 Å². The first-order valence-corrected chi connectivity index (χ1v) is 4.24. The van der Waals surface area contributed by atoms with Crippen molar-refractivity contribution in [3.05, 3.63) is 22.7 Å². The van der Waals surface area contributed by atoms with Crippen molar-refractivity contribution in [2.45, 2.75) is 25.7 Å². The number of halogens is 2. The van der Waals surface area contributed by atoms with E-state index in [9.17, 15) is 0 Å². The normalized spacial score (nSPS) is 14.8. The third-order valence-corrected chi connectivity index (χ3v) is 2.22. The van der Waals surface area contributed by atoms with Crippen molar-refractivity contribution in [3.63, 3.8) is 0 Å². The third kappa shape index (κ3) is 1.87. The average molecular weight is 205 g/mol. The first-order chi connectivity index (χ1) is 5.36. The van der Waals surface area contributed by atoms with E-state index in [-0.39, 0.29) is 12.4 Å². The zero-order valence-electron chi connectivity index (χ0n) is 6.59. The van der Waals surface area contributed by atoms with Crippen LogP contribution in [0, 0.1) is 0 Å². The van der Waals surface area contributed by atoms with Crippen molar-refractivity contribution in [2.75, 3.05) is 0 Å². The summed E-state index contributed by atoms with van der Waals surface area (Å²) < 4.78 is 0. The van der Waals surface area contributed by atoms with Gasteiger partial charge in [0, 0.05) is 11.9 Å². The fraction of sp³-hybridized carbons (Fsp3) is 0.500. The molecule has 0 saturated carbocycles. The van der Waals surface area contributed by atoms with E-state index in [1.807, 2.05) is 6.20 Å². The molecule has 0 atom stereocenters. The molecule has 2 nitrogen and oxygen atoms in total. The molecule has 0 aliphatic heterocycles. The molecule has 0 spiro atoms. The van der Waals surface area contributed by atoms with E-state index in [0.29, 0.717) is 5.28 Å². The molecule has 1 aromatic heterocycles. The number of fused-ring (bicyclic) bond motifs is 1. The number of aromatic nitrogens is 2. The van der Waals surface area contributed by atoms with E-state index in [2.05, 4.69) is 9.97 Å². The van der Waals surface area contributed by atoms with Gasteiger partial charge in [-0.1, -0.05) is 0 Å². The van der Waals surface area contributed by atoms with Crippen LogP contribution >= 0.6 is 24.0 Å². The van der Waals surface area contributed by atoms with E-state index < -0.39 is 0 Å². The molecule has 1 aliphatic rings. The smallest absolute Gasteiger partial charge is 0.222 e. The lowest BCUT2D eigenvalue weighted by molar-refractivity contribution is 0.662. The SMILES string of the molecule is Cl.Clc1ncc2c(n1)CCCC2. The summed E-state index contributed by atoms with van der Waals surface area (Å²) >= 11 is 5.65. The Balaban J connectivity index is 0.000000720. The van der Waals surface area contributed by atoms with Gasteiger partial charge >= 0.3 is 0 Å². The van der Waals surface area contributed by atoms with Crippen molar-refractivity contribution in [3.8, 4) is 0 Å². The molecule has 12 heavy (non-hydrogen) atoms. The molecule has 1 aromatic rings. The molecular formula is C8H10Cl2N2. The highest BCUT2D eigenvalue weighted by atomic mass is 35.5. The summed E-state index contributed by atoms with van der Waals surface area (Å²) in [6.45, 7) is 0. The number of hydrogen-bond acceptors (Lipinski definition) is 2. The molecule has 4 heteroatoms. The van der Waals surface area contributed by atoms with Gasteiger partial charge in [0.25, 0.3) is 0 Å². The lowest BCUT2D eigenvalue weighted by Gasteiger charge is -2.12. The molecule has 1 aliphatic carbocycles. The Hall–Kier alpha value is -0.340. The summed E-state index contributed by atoms with van der Waals surface area (Å²) in [7, 11) is 0. The highest BCUT2D eigenvalue weighted by Crippen LogP contribution is 2.19. The minimum absolute atomic E-state index is 0. The monoisotopic (exact) mass is 204 g/mol. The molecule has 1 heterocycles. The van der Waals surface area contributed by atoms with Crippen LogP contribution in [0.25, 0.3) is 0 Å². The molecule has 0 unspecified atom stereocenters. The fourth-order valence-electron chi connectivity index (χ4n) is 1.45. The zero-order valence-corrected chi connectivity index (χ0v) is 8.16. The van der Waals surface area contributed by atoms with E-state index in [1.54, 1.807) is 0 Å². The predicted octanol–water partition coefficient (Wildman–Crippen LogP) is 2.43. The second-order valence-electron chi connectivity index (χ2n) is 2.82. The van der Waals surface area contributed by atoms with Crippen LogP contribution in [-0.2, 0) is 12.8 Å². The van der Waals surface area contributed by atoms with Crippen LogP contribution in [0.1, 0.15) is 24.1 Å². The first-order valence-electron chi connectivity index (χ1n) is 3.86. The van der Waals surface area contributed by atoms with Gasteiger partial charge in [-0.15, -0.1) is 12.4 Å². The van der Waals surface area contributed by atoms with Crippen LogP contribution in [0.2, 0.25) is 5.28 Å². The van der Waals surface area contributed by atoms with Crippen LogP contribution in [0.15, 0.2) is 6.20 Å². The quantitative estimate of drug-likeness (QED) is 0.608. The third-order valence-electron chi connectivity index (χ3n) is 2.03. The van der Waals surface area contributed by atoms with Crippen molar-refractivity contribution in [1.82, 2.24) is 9.97 Å². The van der Waals surface area contributed by atoms with Gasteiger partial charge < -0.3 is 0 Å². The summed E-state index contributed by atoms with van der Waals surface area (Å²) in [5.41, 5.74) is 2.43. The Morgan fingerprint density at radius 2 is 2.00 bits per heavy atom. The predicted molar refractivity (Wildman–Crippen MR) is 50.9 cm³/mol. The molecule has 66 valence electrons. The second kappa shape index (κ2) is 4.06. The second-order valence-corrected chi connectivity index (χ2v) is 3.16. The van der Waals surface area contributed by atoms with Crippen LogP contribution in [0.4, 0.5) is 0 Å². The van der Waals surface area contributed by atoms with Crippen LogP contribution < -0.4 is 0 Å². The highest BCUT2D eigenvalue weighted by molar-refractivity contribution is 6.28. The van der Waals surface area contributed by atoms with Gasteiger partial charge in [-0.25, -0.2) is 9.97 Å². The molecule has 0 fully saturated rings. The van der Waals surface area contributed by atoms with Gasteiger partial charge in [0.15, 0.2) is 0 Å². The van der Waals surface area contributed by atoms with Gasteiger partial charge in [-0.2, -0.15) is 0 Å². The molecular weight excluding hydrogens is 195 g/mol. The molecule has 0 radical (unpaired) electrons. The van der Waals surface area contributed by atoms with E-state index in [4.69, 9.17) is 11.6 Å². The van der Waals surface area contributed by atoms with Crippen molar-refractivity contribution < 1.29 is 0 Å². The summed E-state index contributed by atoms with van der Waals surface area (Å²) in [6.07, 6.45) is 6.53. The van der Waals surface area contributed by atoms with E-state index in [0.717, 1.165) is 18.5 Å². The zero-order chi connectivity index (χ0) is 7.68. The Labute approximate surface area is 82.8 Å². The Kier molecular flexibility index (Phi) is 3.29. The lowest BCUT2D eigenvalue weighted by atomic mass is 9.98. The van der Waals surface area contributed by atoms with E-state index >= 15 is 0 Å². The molecule has 0 bridgehead atoms. The molecule has 2 rings (SSSR count). The van der Waals surface area contributed by atoms with Gasteiger partial charge in [0.1, 0.15) is 0 Å². The Morgan fingerprint density at radius 3 is 2.83 bits per heavy atom. The van der Waals surface area contributed by atoms with Crippen LogP contribution in [-0.4, -0.2) is 9.97 Å². The first kappa shape index (κ1) is 9.75. The van der Waals surface area contributed by atoms with Crippen LogP contribution in [0.5, 0.6) is 0 Å². The topological polar surface area (TPSA) is 25.8 Å². The number of rotatable bonds is 0. The van der Waals surface area contributed by atoms with Gasteiger partial charge in [0.2, 0.25) is 5.28 Å². The minimum atomic E-state index is 0.